The van der Waals surface area contributed by atoms with E-state index in [0.717, 1.165) is 0 Å². The van der Waals surface area contributed by atoms with Gasteiger partial charge in [-0.15, -0.1) is 0 Å². The van der Waals surface area contributed by atoms with Crippen LogP contribution in [-0.2, 0) is 4.74 Å². The van der Waals surface area contributed by atoms with E-state index in [1.54, 1.807) is 0 Å². The molecule has 5 heteroatoms. The molecule has 0 radical (unpaired) electrons. The fourth-order valence-electron chi connectivity index (χ4n) is 2.42. The summed E-state index contributed by atoms with van der Waals surface area (Å²) in [6.07, 6.45) is 0.566. The second-order valence-electron chi connectivity index (χ2n) is 4.75. The Labute approximate surface area is 111 Å². The van der Waals surface area contributed by atoms with Crippen molar-refractivity contribution >= 4 is 11.6 Å². The van der Waals surface area contributed by atoms with Gasteiger partial charge in [0.05, 0.1) is 6.10 Å². The van der Waals surface area contributed by atoms with Crippen molar-refractivity contribution in [2.45, 2.75) is 18.9 Å². The van der Waals surface area contributed by atoms with Gasteiger partial charge in [0.25, 0.3) is 0 Å². The van der Waals surface area contributed by atoms with Crippen LogP contribution in [0, 0.1) is 11.2 Å². The van der Waals surface area contributed by atoms with Gasteiger partial charge < -0.3 is 15.6 Å². The average molecular weight is 274 g/mol. The van der Waals surface area contributed by atoms with Crippen molar-refractivity contribution in [1.82, 2.24) is 0 Å². The number of hydrogen-bond acceptors (Lipinski definition) is 3. The third-order valence-corrected chi connectivity index (χ3v) is 4.06. The number of aliphatic hydroxyl groups excluding tert-OH is 1. The van der Waals surface area contributed by atoms with Crippen LogP contribution in [-0.4, -0.2) is 24.9 Å². The predicted molar refractivity (Wildman–Crippen MR) is 67.9 cm³/mol. The summed E-state index contributed by atoms with van der Waals surface area (Å²) in [6, 6.07) is 4.03. The number of rotatable bonds is 3. The number of ether oxygens (including phenoxy) is 1. The third-order valence-electron chi connectivity index (χ3n) is 3.73. The van der Waals surface area contributed by atoms with E-state index in [1.165, 1.54) is 18.2 Å². The van der Waals surface area contributed by atoms with E-state index in [0.29, 0.717) is 38.2 Å². The van der Waals surface area contributed by atoms with Crippen molar-refractivity contribution in [2.24, 2.45) is 11.1 Å². The predicted octanol–water partition coefficient (Wildman–Crippen LogP) is 2.27. The molecule has 1 aromatic carbocycles. The molecule has 1 heterocycles. The lowest BCUT2D eigenvalue weighted by atomic mass is 9.73. The highest BCUT2D eigenvalue weighted by Gasteiger charge is 2.39. The van der Waals surface area contributed by atoms with Crippen LogP contribution in [0.15, 0.2) is 18.2 Å². The Morgan fingerprint density at radius 2 is 2.11 bits per heavy atom. The van der Waals surface area contributed by atoms with Crippen molar-refractivity contribution in [3.63, 3.8) is 0 Å². The minimum atomic E-state index is -0.792. The van der Waals surface area contributed by atoms with Gasteiger partial charge in [-0.05, 0) is 30.5 Å². The normalized spacial score (nSPS) is 20.7. The Bertz CT molecular complexity index is 421. The first-order valence-electron chi connectivity index (χ1n) is 6.00. The maximum absolute atomic E-state index is 13.0. The van der Waals surface area contributed by atoms with Crippen LogP contribution in [0.4, 0.5) is 4.39 Å². The molecule has 0 spiro atoms. The molecule has 1 atom stereocenters. The van der Waals surface area contributed by atoms with Gasteiger partial charge in [-0.2, -0.15) is 0 Å². The fourth-order valence-corrected chi connectivity index (χ4v) is 2.69. The maximum atomic E-state index is 13.0. The third kappa shape index (κ3) is 2.52. The summed E-state index contributed by atoms with van der Waals surface area (Å²) < 4.78 is 18.3. The molecule has 0 saturated carbocycles. The highest BCUT2D eigenvalue weighted by molar-refractivity contribution is 6.31. The molecule has 0 amide bonds. The van der Waals surface area contributed by atoms with E-state index in [1.807, 2.05) is 0 Å². The van der Waals surface area contributed by atoms with Crippen LogP contribution in [0.1, 0.15) is 24.5 Å². The van der Waals surface area contributed by atoms with Crippen LogP contribution in [0.2, 0.25) is 5.02 Å². The van der Waals surface area contributed by atoms with Crippen molar-refractivity contribution in [2.75, 3.05) is 19.8 Å². The lowest BCUT2D eigenvalue weighted by molar-refractivity contribution is -0.0581. The summed E-state index contributed by atoms with van der Waals surface area (Å²) in [5.41, 5.74) is 5.93. The van der Waals surface area contributed by atoms with Crippen LogP contribution in [0.3, 0.4) is 0 Å². The molecule has 18 heavy (non-hydrogen) atoms. The van der Waals surface area contributed by atoms with Gasteiger partial charge in [0.1, 0.15) is 5.82 Å². The second kappa shape index (κ2) is 5.53. The molecular weight excluding hydrogens is 257 g/mol. The molecule has 3 N–H and O–H groups in total. The van der Waals surface area contributed by atoms with Gasteiger partial charge in [0.2, 0.25) is 0 Å². The van der Waals surface area contributed by atoms with E-state index in [4.69, 9.17) is 22.1 Å². The van der Waals surface area contributed by atoms with Gasteiger partial charge >= 0.3 is 0 Å². The first-order chi connectivity index (χ1) is 8.59. The minimum Gasteiger partial charge on any atom is -0.388 e. The number of halogens is 2. The summed E-state index contributed by atoms with van der Waals surface area (Å²) in [5.74, 6) is -0.412. The summed E-state index contributed by atoms with van der Waals surface area (Å²) in [6.45, 7) is 1.51. The SMILES string of the molecule is NCC1(C(O)c2ccc(F)cc2Cl)CCOCC1. The van der Waals surface area contributed by atoms with Gasteiger partial charge in [-0.3, -0.25) is 0 Å². The van der Waals surface area contributed by atoms with Crippen molar-refractivity contribution < 1.29 is 14.2 Å². The highest BCUT2D eigenvalue weighted by Crippen LogP contribution is 2.43. The molecule has 1 aromatic rings. The Morgan fingerprint density at radius 1 is 1.44 bits per heavy atom. The summed E-state index contributed by atoms with van der Waals surface area (Å²) in [7, 11) is 0. The average Bonchev–Trinajstić information content (AvgIpc) is 2.39. The molecule has 0 bridgehead atoms. The first kappa shape index (κ1) is 13.7. The Morgan fingerprint density at radius 3 is 2.67 bits per heavy atom. The molecule has 100 valence electrons. The van der Waals surface area contributed by atoms with Crippen LogP contribution in [0.5, 0.6) is 0 Å². The molecular formula is C13H17ClFNO2. The van der Waals surface area contributed by atoms with Gasteiger partial charge in [0.15, 0.2) is 0 Å². The van der Waals surface area contributed by atoms with Gasteiger partial charge in [-0.1, -0.05) is 17.7 Å². The molecule has 3 nitrogen and oxygen atoms in total. The lowest BCUT2D eigenvalue weighted by Crippen LogP contribution is -2.41. The zero-order valence-corrected chi connectivity index (χ0v) is 10.8. The highest BCUT2D eigenvalue weighted by atomic mass is 35.5. The van der Waals surface area contributed by atoms with Crippen LogP contribution < -0.4 is 5.73 Å². The quantitative estimate of drug-likeness (QED) is 0.888. The molecule has 0 aromatic heterocycles. The molecule has 1 aliphatic heterocycles. The van der Waals surface area contributed by atoms with E-state index < -0.39 is 17.3 Å². The van der Waals surface area contributed by atoms with Crippen LogP contribution in [0.25, 0.3) is 0 Å². The smallest absolute Gasteiger partial charge is 0.124 e. The zero-order chi connectivity index (χ0) is 13.2. The lowest BCUT2D eigenvalue weighted by Gasteiger charge is -2.40. The molecule has 2 rings (SSSR count). The number of nitrogens with two attached hydrogens (primary N) is 1. The van der Waals surface area contributed by atoms with E-state index >= 15 is 0 Å². The van der Waals surface area contributed by atoms with E-state index in [-0.39, 0.29) is 5.02 Å². The second-order valence-corrected chi connectivity index (χ2v) is 5.15. The Balaban J connectivity index is 2.30. The summed E-state index contributed by atoms with van der Waals surface area (Å²) >= 11 is 5.99. The van der Waals surface area contributed by atoms with Crippen molar-refractivity contribution in [3.8, 4) is 0 Å². The van der Waals surface area contributed by atoms with Crippen molar-refractivity contribution in [1.29, 1.82) is 0 Å². The largest absolute Gasteiger partial charge is 0.388 e. The Kier molecular flexibility index (Phi) is 4.22. The van der Waals surface area contributed by atoms with Gasteiger partial charge in [-0.25, -0.2) is 4.39 Å². The minimum absolute atomic E-state index is 0.238. The maximum Gasteiger partial charge on any atom is 0.124 e. The standard InChI is InChI=1S/C13H17ClFNO2/c14-11-7-9(15)1-2-10(11)12(17)13(8-16)3-5-18-6-4-13/h1-2,7,12,17H,3-6,8,16H2. The number of hydrogen-bond donors (Lipinski definition) is 2. The fraction of sp³-hybridized carbons (Fsp3) is 0.538. The van der Waals surface area contributed by atoms with Gasteiger partial charge in [0, 0.05) is 30.2 Å². The zero-order valence-electron chi connectivity index (χ0n) is 10.0. The number of benzene rings is 1. The molecule has 1 unspecified atom stereocenters. The molecule has 1 fully saturated rings. The van der Waals surface area contributed by atoms with E-state index in [2.05, 4.69) is 0 Å². The van der Waals surface area contributed by atoms with E-state index in [9.17, 15) is 9.50 Å². The van der Waals surface area contributed by atoms with Crippen molar-refractivity contribution in [3.05, 3.63) is 34.6 Å². The topological polar surface area (TPSA) is 55.5 Å². The molecule has 1 aliphatic rings. The monoisotopic (exact) mass is 273 g/mol. The van der Waals surface area contributed by atoms with Crippen LogP contribution >= 0.6 is 11.6 Å². The summed E-state index contributed by atoms with van der Waals surface area (Å²) in [4.78, 5) is 0. The molecule has 0 aliphatic carbocycles. The number of aliphatic hydroxyl groups is 1. The molecule has 1 saturated heterocycles. The Hall–Kier alpha value is -0.680. The summed E-state index contributed by atoms with van der Waals surface area (Å²) in [5, 5.41) is 10.8. The first-order valence-corrected chi connectivity index (χ1v) is 6.38.